The number of urea groups is 1. The summed E-state index contributed by atoms with van der Waals surface area (Å²) in [4.78, 5) is 18.7. The number of aromatic nitrogens is 2. The Hall–Kier alpha value is -1.89. The first-order valence-corrected chi connectivity index (χ1v) is 3.83. The number of ether oxygens (including phenoxy) is 1. The Labute approximate surface area is 80.7 Å². The van der Waals surface area contributed by atoms with Gasteiger partial charge >= 0.3 is 6.03 Å². The van der Waals surface area contributed by atoms with E-state index in [1.54, 1.807) is 13.0 Å². The van der Waals surface area contributed by atoms with Gasteiger partial charge in [0.05, 0.1) is 7.11 Å². The van der Waals surface area contributed by atoms with Gasteiger partial charge in [0.25, 0.3) is 0 Å². The van der Waals surface area contributed by atoms with Crippen molar-refractivity contribution in [3.05, 3.63) is 11.8 Å². The van der Waals surface area contributed by atoms with Crippen molar-refractivity contribution in [1.82, 2.24) is 15.4 Å². The fraction of sp³-hybridized carbons (Fsp3) is 0.286. The highest BCUT2D eigenvalue weighted by Crippen LogP contribution is 2.10. The molecule has 0 atom stereocenters. The quantitative estimate of drug-likeness (QED) is 0.346. The van der Waals surface area contributed by atoms with E-state index in [0.717, 1.165) is 0 Å². The van der Waals surface area contributed by atoms with Gasteiger partial charge in [-0.3, -0.25) is 10.7 Å². The fourth-order valence-corrected chi connectivity index (χ4v) is 0.838. The van der Waals surface area contributed by atoms with E-state index in [2.05, 4.69) is 15.3 Å². The second kappa shape index (κ2) is 4.38. The van der Waals surface area contributed by atoms with Crippen LogP contribution in [0.25, 0.3) is 0 Å². The van der Waals surface area contributed by atoms with Crippen molar-refractivity contribution in [2.75, 3.05) is 12.4 Å². The Balaban J connectivity index is 2.86. The summed E-state index contributed by atoms with van der Waals surface area (Å²) in [6.07, 6.45) is 0. The first-order valence-electron chi connectivity index (χ1n) is 3.83. The molecule has 1 aromatic heterocycles. The molecule has 76 valence electrons. The molecule has 1 rings (SSSR count). The molecule has 1 aromatic rings. The summed E-state index contributed by atoms with van der Waals surface area (Å²) >= 11 is 0. The predicted octanol–water partition coefficient (Wildman–Crippen LogP) is -0.211. The van der Waals surface area contributed by atoms with Gasteiger partial charge in [0.15, 0.2) is 0 Å². The highest BCUT2D eigenvalue weighted by molar-refractivity contribution is 5.86. The lowest BCUT2D eigenvalue weighted by Gasteiger charge is -2.05. The maximum Gasteiger partial charge on any atom is 0.335 e. The molecule has 14 heavy (non-hydrogen) atoms. The van der Waals surface area contributed by atoms with Crippen molar-refractivity contribution in [1.29, 1.82) is 0 Å². The lowest BCUT2D eigenvalue weighted by molar-refractivity contribution is 0.252. The van der Waals surface area contributed by atoms with Gasteiger partial charge < -0.3 is 4.74 Å². The standard InChI is InChI=1S/C7H11N5O2/c1-4-3-5(14-2)10-6(9-4)11-7(13)12-8/h3H,8H2,1-2H3,(H2,9,10,11,12,13). The Kier molecular flexibility index (Phi) is 3.19. The minimum Gasteiger partial charge on any atom is -0.481 e. The Morgan fingerprint density at radius 2 is 2.29 bits per heavy atom. The number of nitrogens with two attached hydrogens (primary N) is 1. The molecule has 0 saturated carbocycles. The summed E-state index contributed by atoms with van der Waals surface area (Å²) in [7, 11) is 1.48. The lowest BCUT2D eigenvalue weighted by Crippen LogP contribution is -2.34. The third-order valence-corrected chi connectivity index (χ3v) is 1.40. The number of carbonyl (C=O) groups excluding carboxylic acids is 1. The molecule has 0 bridgehead atoms. The summed E-state index contributed by atoms with van der Waals surface area (Å²) < 4.78 is 4.90. The second-order valence-electron chi connectivity index (χ2n) is 2.47. The molecular formula is C7H11N5O2. The predicted molar refractivity (Wildman–Crippen MR) is 49.7 cm³/mol. The number of anilines is 1. The van der Waals surface area contributed by atoms with E-state index in [0.29, 0.717) is 11.6 Å². The van der Waals surface area contributed by atoms with Crippen LogP contribution in [0, 0.1) is 6.92 Å². The van der Waals surface area contributed by atoms with Gasteiger partial charge in [0.2, 0.25) is 11.8 Å². The molecular weight excluding hydrogens is 186 g/mol. The van der Waals surface area contributed by atoms with Crippen LogP contribution in [0.2, 0.25) is 0 Å². The van der Waals surface area contributed by atoms with E-state index in [4.69, 9.17) is 10.6 Å². The van der Waals surface area contributed by atoms with Crippen molar-refractivity contribution >= 4 is 12.0 Å². The fourth-order valence-electron chi connectivity index (χ4n) is 0.838. The average molecular weight is 197 g/mol. The van der Waals surface area contributed by atoms with Gasteiger partial charge in [0, 0.05) is 11.8 Å². The number of carbonyl (C=O) groups is 1. The Bertz CT molecular complexity index is 341. The molecule has 7 nitrogen and oxygen atoms in total. The van der Waals surface area contributed by atoms with Crippen molar-refractivity contribution in [3.63, 3.8) is 0 Å². The molecule has 1 heterocycles. The zero-order valence-corrected chi connectivity index (χ0v) is 7.87. The highest BCUT2D eigenvalue weighted by Gasteiger charge is 2.04. The third-order valence-electron chi connectivity index (χ3n) is 1.40. The minimum atomic E-state index is -0.586. The number of methoxy groups -OCH3 is 1. The molecule has 0 aliphatic heterocycles. The number of hydrogen-bond donors (Lipinski definition) is 3. The van der Waals surface area contributed by atoms with E-state index in [1.165, 1.54) is 7.11 Å². The monoisotopic (exact) mass is 197 g/mol. The van der Waals surface area contributed by atoms with Crippen LogP contribution in [0.15, 0.2) is 6.07 Å². The van der Waals surface area contributed by atoms with Crippen LogP contribution >= 0.6 is 0 Å². The number of nitrogens with one attached hydrogen (secondary N) is 2. The molecule has 0 fully saturated rings. The third kappa shape index (κ3) is 2.56. The summed E-state index contributed by atoms with van der Waals surface area (Å²) in [6.45, 7) is 1.76. The van der Waals surface area contributed by atoms with Gasteiger partial charge in [-0.15, -0.1) is 0 Å². The van der Waals surface area contributed by atoms with E-state index in [9.17, 15) is 4.79 Å². The van der Waals surface area contributed by atoms with Crippen molar-refractivity contribution in [2.24, 2.45) is 5.84 Å². The van der Waals surface area contributed by atoms with Crippen LogP contribution < -0.4 is 21.3 Å². The lowest BCUT2D eigenvalue weighted by atomic mass is 10.4. The van der Waals surface area contributed by atoms with E-state index < -0.39 is 6.03 Å². The maximum absolute atomic E-state index is 10.8. The molecule has 4 N–H and O–H groups in total. The maximum atomic E-state index is 10.8. The second-order valence-corrected chi connectivity index (χ2v) is 2.47. The van der Waals surface area contributed by atoms with Crippen molar-refractivity contribution < 1.29 is 9.53 Å². The minimum absolute atomic E-state index is 0.143. The van der Waals surface area contributed by atoms with Gasteiger partial charge in [-0.25, -0.2) is 15.6 Å². The van der Waals surface area contributed by atoms with Crippen LogP contribution in [0.1, 0.15) is 5.69 Å². The van der Waals surface area contributed by atoms with Crippen molar-refractivity contribution in [3.8, 4) is 5.88 Å². The van der Waals surface area contributed by atoms with Crippen LogP contribution in [-0.2, 0) is 0 Å². The SMILES string of the molecule is COc1cc(C)nc(NC(=O)NN)n1. The first-order chi connectivity index (χ1) is 6.65. The number of hydrogen-bond acceptors (Lipinski definition) is 5. The van der Waals surface area contributed by atoms with Gasteiger partial charge in [-0.05, 0) is 6.92 Å². The molecule has 0 aliphatic rings. The topological polar surface area (TPSA) is 102 Å². The molecule has 0 aliphatic carbocycles. The molecule has 0 radical (unpaired) electrons. The van der Waals surface area contributed by atoms with Crippen LogP contribution in [0.4, 0.5) is 10.7 Å². The van der Waals surface area contributed by atoms with Gasteiger partial charge in [-0.1, -0.05) is 0 Å². The van der Waals surface area contributed by atoms with E-state index >= 15 is 0 Å². The van der Waals surface area contributed by atoms with Crippen LogP contribution in [-0.4, -0.2) is 23.1 Å². The molecule has 0 aromatic carbocycles. The van der Waals surface area contributed by atoms with Crippen LogP contribution in [0.5, 0.6) is 5.88 Å². The highest BCUT2D eigenvalue weighted by atomic mass is 16.5. The normalized spacial score (nSPS) is 9.36. The number of amides is 2. The summed E-state index contributed by atoms with van der Waals surface area (Å²) in [5, 5.41) is 2.33. The number of hydrazine groups is 1. The average Bonchev–Trinajstić information content (AvgIpc) is 2.16. The molecule has 0 saturated heterocycles. The smallest absolute Gasteiger partial charge is 0.335 e. The van der Waals surface area contributed by atoms with Crippen LogP contribution in [0.3, 0.4) is 0 Å². The van der Waals surface area contributed by atoms with Gasteiger partial charge in [-0.2, -0.15) is 4.98 Å². The zero-order chi connectivity index (χ0) is 10.6. The van der Waals surface area contributed by atoms with Crippen molar-refractivity contribution in [2.45, 2.75) is 6.92 Å². The molecule has 0 spiro atoms. The summed E-state index contributed by atoms with van der Waals surface area (Å²) in [5.74, 6) is 5.40. The molecule has 2 amide bonds. The summed E-state index contributed by atoms with van der Waals surface area (Å²) in [6, 6.07) is 1.06. The largest absolute Gasteiger partial charge is 0.481 e. The number of rotatable bonds is 2. The first kappa shape index (κ1) is 10.2. The summed E-state index contributed by atoms with van der Waals surface area (Å²) in [5.41, 5.74) is 2.58. The number of nitrogens with zero attached hydrogens (tertiary/aromatic N) is 2. The Morgan fingerprint density at radius 3 is 2.86 bits per heavy atom. The van der Waals surface area contributed by atoms with E-state index in [1.807, 2.05) is 5.43 Å². The molecule has 7 heteroatoms. The molecule has 0 unspecified atom stereocenters. The zero-order valence-electron chi connectivity index (χ0n) is 7.87. The Morgan fingerprint density at radius 1 is 1.57 bits per heavy atom. The van der Waals surface area contributed by atoms with E-state index in [-0.39, 0.29) is 5.95 Å². The number of aryl methyl sites for hydroxylation is 1. The van der Waals surface area contributed by atoms with Gasteiger partial charge in [0.1, 0.15) is 0 Å².